The summed E-state index contributed by atoms with van der Waals surface area (Å²) in [4.78, 5) is 12.0. The highest BCUT2D eigenvalue weighted by atomic mass is 35.5. The van der Waals surface area contributed by atoms with Crippen molar-refractivity contribution in [3.8, 4) is 5.75 Å². The van der Waals surface area contributed by atoms with E-state index in [-0.39, 0.29) is 12.2 Å². The number of carbonyl (C=O) groups is 1. The molecule has 0 atom stereocenters. The standard InChI is InChI=1S/C19H16ClF3N2O3/c1-3-11-8-13(20)5-4-12(11)10-25-16-9-14(28-19(21,22)23)6-7-15(16)17(24-25)18(26)27-2/h4-9H,3,10H2,1-2H3. The smallest absolute Gasteiger partial charge is 0.464 e. The van der Waals surface area contributed by atoms with Gasteiger partial charge in [0.25, 0.3) is 0 Å². The van der Waals surface area contributed by atoms with Crippen molar-refractivity contribution in [1.82, 2.24) is 9.78 Å². The molecule has 28 heavy (non-hydrogen) atoms. The maximum atomic E-state index is 12.6. The molecular weight excluding hydrogens is 397 g/mol. The first-order valence-electron chi connectivity index (χ1n) is 8.33. The molecule has 0 aliphatic heterocycles. The summed E-state index contributed by atoms with van der Waals surface area (Å²) in [7, 11) is 1.21. The summed E-state index contributed by atoms with van der Waals surface area (Å²) in [6.45, 7) is 2.20. The summed E-state index contributed by atoms with van der Waals surface area (Å²) < 4.78 is 47.9. The first-order chi connectivity index (χ1) is 13.2. The molecule has 9 heteroatoms. The van der Waals surface area contributed by atoms with E-state index in [1.54, 1.807) is 6.07 Å². The van der Waals surface area contributed by atoms with Gasteiger partial charge in [-0.3, -0.25) is 4.68 Å². The lowest BCUT2D eigenvalue weighted by Crippen LogP contribution is -2.17. The van der Waals surface area contributed by atoms with E-state index in [0.29, 0.717) is 22.3 Å². The van der Waals surface area contributed by atoms with Crippen molar-refractivity contribution in [2.75, 3.05) is 7.11 Å². The normalized spacial score (nSPS) is 11.6. The van der Waals surface area contributed by atoms with Gasteiger partial charge in [-0.15, -0.1) is 13.2 Å². The summed E-state index contributed by atoms with van der Waals surface area (Å²) in [6, 6.07) is 9.05. The van der Waals surface area contributed by atoms with E-state index in [2.05, 4.69) is 9.84 Å². The Bertz CT molecular complexity index is 1030. The van der Waals surface area contributed by atoms with Gasteiger partial charge < -0.3 is 9.47 Å². The summed E-state index contributed by atoms with van der Waals surface area (Å²) in [5, 5.41) is 5.22. The van der Waals surface area contributed by atoms with E-state index >= 15 is 0 Å². The van der Waals surface area contributed by atoms with Crippen LogP contribution in [-0.4, -0.2) is 29.2 Å². The highest BCUT2D eigenvalue weighted by Gasteiger charge is 2.31. The van der Waals surface area contributed by atoms with Gasteiger partial charge in [-0.2, -0.15) is 5.10 Å². The zero-order chi connectivity index (χ0) is 20.5. The quantitative estimate of drug-likeness (QED) is 0.554. The Balaban J connectivity index is 2.12. The van der Waals surface area contributed by atoms with Crippen LogP contribution in [0, 0.1) is 0 Å². The fourth-order valence-corrected chi connectivity index (χ4v) is 3.15. The van der Waals surface area contributed by atoms with E-state index in [0.717, 1.165) is 17.2 Å². The van der Waals surface area contributed by atoms with Crippen LogP contribution in [0.4, 0.5) is 13.2 Å². The molecule has 0 aliphatic carbocycles. The second-order valence-electron chi connectivity index (χ2n) is 5.99. The Morgan fingerprint density at radius 1 is 1.18 bits per heavy atom. The number of aromatic nitrogens is 2. The number of ether oxygens (including phenoxy) is 2. The van der Waals surface area contributed by atoms with Crippen molar-refractivity contribution in [3.63, 3.8) is 0 Å². The number of methoxy groups -OCH3 is 1. The molecule has 0 fully saturated rings. The number of alkyl halides is 3. The van der Waals surface area contributed by atoms with E-state index in [1.807, 2.05) is 19.1 Å². The maximum absolute atomic E-state index is 12.6. The third-order valence-corrected chi connectivity index (χ3v) is 4.44. The van der Waals surface area contributed by atoms with Crippen molar-refractivity contribution in [2.24, 2.45) is 0 Å². The molecule has 0 spiro atoms. The summed E-state index contributed by atoms with van der Waals surface area (Å²) >= 11 is 6.03. The first kappa shape index (κ1) is 20.0. The van der Waals surface area contributed by atoms with Gasteiger partial charge in [-0.25, -0.2) is 4.79 Å². The zero-order valence-corrected chi connectivity index (χ0v) is 15.8. The second-order valence-corrected chi connectivity index (χ2v) is 6.43. The number of fused-ring (bicyclic) bond motifs is 1. The molecule has 0 amide bonds. The monoisotopic (exact) mass is 412 g/mol. The molecule has 1 aromatic heterocycles. The van der Waals surface area contributed by atoms with Crippen LogP contribution >= 0.6 is 11.6 Å². The summed E-state index contributed by atoms with van der Waals surface area (Å²) in [6.07, 6.45) is -4.11. The number of rotatable bonds is 5. The van der Waals surface area contributed by atoms with Crippen molar-refractivity contribution in [3.05, 3.63) is 58.2 Å². The average Bonchev–Trinajstić information content (AvgIpc) is 2.99. The van der Waals surface area contributed by atoms with Crippen molar-refractivity contribution >= 4 is 28.5 Å². The van der Waals surface area contributed by atoms with Gasteiger partial charge in [-0.1, -0.05) is 24.6 Å². The maximum Gasteiger partial charge on any atom is 0.573 e. The fraction of sp³-hybridized carbons (Fsp3) is 0.263. The largest absolute Gasteiger partial charge is 0.573 e. The van der Waals surface area contributed by atoms with Crippen LogP contribution in [0.1, 0.15) is 28.5 Å². The average molecular weight is 413 g/mol. The Morgan fingerprint density at radius 3 is 2.57 bits per heavy atom. The number of hydrogen-bond donors (Lipinski definition) is 0. The predicted molar refractivity (Wildman–Crippen MR) is 97.7 cm³/mol. The lowest BCUT2D eigenvalue weighted by Gasteiger charge is -2.11. The van der Waals surface area contributed by atoms with Crippen LogP contribution in [0.3, 0.4) is 0 Å². The van der Waals surface area contributed by atoms with Gasteiger partial charge in [0.05, 0.1) is 19.2 Å². The Labute approximate surface area is 163 Å². The number of aryl methyl sites for hydroxylation is 1. The predicted octanol–water partition coefficient (Wildman–Crippen LogP) is 4.99. The van der Waals surface area contributed by atoms with Crippen LogP contribution in [0.15, 0.2) is 36.4 Å². The molecule has 0 bridgehead atoms. The lowest BCUT2D eigenvalue weighted by molar-refractivity contribution is -0.274. The molecular formula is C19H16ClF3N2O3. The molecule has 0 N–H and O–H groups in total. The lowest BCUT2D eigenvalue weighted by atomic mass is 10.1. The molecule has 0 saturated carbocycles. The van der Waals surface area contributed by atoms with Gasteiger partial charge in [-0.05, 0) is 41.8 Å². The minimum absolute atomic E-state index is 0.0167. The summed E-state index contributed by atoms with van der Waals surface area (Å²) in [5.41, 5.74) is 2.19. The Kier molecular flexibility index (Phi) is 5.51. The van der Waals surface area contributed by atoms with E-state index in [4.69, 9.17) is 16.3 Å². The van der Waals surface area contributed by atoms with Crippen molar-refractivity contribution in [1.29, 1.82) is 0 Å². The number of hydrogen-bond acceptors (Lipinski definition) is 4. The van der Waals surface area contributed by atoms with E-state index < -0.39 is 18.1 Å². The molecule has 3 rings (SSSR count). The van der Waals surface area contributed by atoms with Crippen molar-refractivity contribution < 1.29 is 27.4 Å². The molecule has 3 aromatic rings. The van der Waals surface area contributed by atoms with Gasteiger partial charge in [0.1, 0.15) is 5.75 Å². The van der Waals surface area contributed by atoms with Gasteiger partial charge in [0, 0.05) is 16.5 Å². The number of halogens is 4. The van der Waals surface area contributed by atoms with Crippen LogP contribution in [0.5, 0.6) is 5.75 Å². The number of nitrogens with zero attached hydrogens (tertiary/aromatic N) is 2. The minimum Gasteiger partial charge on any atom is -0.464 e. The minimum atomic E-state index is -4.82. The highest BCUT2D eigenvalue weighted by Crippen LogP contribution is 2.29. The van der Waals surface area contributed by atoms with Gasteiger partial charge in [0.2, 0.25) is 0 Å². The van der Waals surface area contributed by atoms with Crippen molar-refractivity contribution in [2.45, 2.75) is 26.3 Å². The highest BCUT2D eigenvalue weighted by molar-refractivity contribution is 6.30. The molecule has 0 aliphatic rings. The molecule has 0 radical (unpaired) electrons. The van der Waals surface area contributed by atoms with Crippen LogP contribution in [0.25, 0.3) is 10.9 Å². The third kappa shape index (κ3) is 4.22. The third-order valence-electron chi connectivity index (χ3n) is 4.20. The van der Waals surface area contributed by atoms with E-state index in [1.165, 1.54) is 23.9 Å². The van der Waals surface area contributed by atoms with E-state index in [9.17, 15) is 18.0 Å². The van der Waals surface area contributed by atoms with Gasteiger partial charge >= 0.3 is 12.3 Å². The molecule has 1 heterocycles. The fourth-order valence-electron chi connectivity index (χ4n) is 2.96. The molecule has 0 saturated heterocycles. The zero-order valence-electron chi connectivity index (χ0n) is 15.0. The van der Waals surface area contributed by atoms with Gasteiger partial charge in [0.15, 0.2) is 5.69 Å². The summed E-state index contributed by atoms with van der Waals surface area (Å²) in [5.74, 6) is -1.08. The number of esters is 1. The Hall–Kier alpha value is -2.74. The molecule has 2 aromatic carbocycles. The molecule has 5 nitrogen and oxygen atoms in total. The second kappa shape index (κ2) is 7.71. The SMILES string of the molecule is CCc1cc(Cl)ccc1Cn1nc(C(=O)OC)c2ccc(OC(F)(F)F)cc21. The number of carbonyl (C=O) groups excluding carboxylic acids is 1. The first-order valence-corrected chi connectivity index (χ1v) is 8.71. The van der Waals surface area contributed by atoms with Crippen LogP contribution in [-0.2, 0) is 17.7 Å². The topological polar surface area (TPSA) is 53.4 Å². The molecule has 148 valence electrons. The molecule has 0 unspecified atom stereocenters. The number of benzene rings is 2. The van der Waals surface area contributed by atoms with Crippen LogP contribution < -0.4 is 4.74 Å². The Morgan fingerprint density at radius 2 is 1.93 bits per heavy atom. The van der Waals surface area contributed by atoms with Crippen LogP contribution in [0.2, 0.25) is 5.02 Å².